The number of hydrogen-bond donors (Lipinski definition) is 0. The van der Waals surface area contributed by atoms with E-state index in [4.69, 9.17) is 14.2 Å². The van der Waals surface area contributed by atoms with Crippen molar-refractivity contribution in [2.45, 2.75) is 32.7 Å². The number of hydrogen-bond acceptors (Lipinski definition) is 3. The Balaban J connectivity index is 2.14. The van der Waals surface area contributed by atoms with Crippen LogP contribution in [-0.4, -0.2) is 31.7 Å². The van der Waals surface area contributed by atoms with Gasteiger partial charge in [-0.1, -0.05) is 12.2 Å². The average molecular weight is 186 g/mol. The smallest absolute Gasteiger partial charge is 0.163 e. The predicted molar refractivity (Wildman–Crippen MR) is 50.5 cm³/mol. The molecule has 0 aromatic heterocycles. The maximum absolute atomic E-state index is 5.55. The van der Waals surface area contributed by atoms with Crippen molar-refractivity contribution in [1.82, 2.24) is 0 Å². The van der Waals surface area contributed by atoms with Crippen LogP contribution in [0.25, 0.3) is 0 Å². The van der Waals surface area contributed by atoms with Crippen LogP contribution < -0.4 is 0 Å². The fourth-order valence-corrected chi connectivity index (χ4v) is 1.21. The average Bonchev–Trinajstić information content (AvgIpc) is 2.29. The fraction of sp³-hybridized carbons (Fsp3) is 0.800. The van der Waals surface area contributed by atoms with Crippen molar-refractivity contribution in [2.75, 3.05) is 19.8 Å². The summed E-state index contributed by atoms with van der Waals surface area (Å²) < 4.78 is 16.3. The molecule has 1 aliphatic rings. The van der Waals surface area contributed by atoms with Crippen LogP contribution in [0.2, 0.25) is 0 Å². The minimum Gasteiger partial charge on any atom is -0.374 e. The van der Waals surface area contributed by atoms with Gasteiger partial charge in [-0.05, 0) is 20.8 Å². The van der Waals surface area contributed by atoms with Crippen LogP contribution in [0, 0.1) is 0 Å². The van der Waals surface area contributed by atoms with Gasteiger partial charge in [0.15, 0.2) is 5.79 Å². The fourth-order valence-electron chi connectivity index (χ4n) is 1.21. The van der Waals surface area contributed by atoms with E-state index in [-0.39, 0.29) is 6.10 Å². The Hall–Kier alpha value is -0.380. The first-order valence-corrected chi connectivity index (χ1v) is 4.53. The second-order valence-corrected chi connectivity index (χ2v) is 3.92. The molecular weight excluding hydrogens is 168 g/mol. The quantitative estimate of drug-likeness (QED) is 0.626. The molecule has 0 aromatic rings. The molecule has 3 heteroatoms. The zero-order valence-electron chi connectivity index (χ0n) is 8.63. The molecule has 3 nitrogen and oxygen atoms in total. The SMILES string of the molecule is C=C(C)COCC1COC(C)(C)O1. The Morgan fingerprint density at radius 2 is 2.31 bits per heavy atom. The summed E-state index contributed by atoms with van der Waals surface area (Å²) in [7, 11) is 0. The molecule has 1 aliphatic heterocycles. The van der Waals surface area contributed by atoms with E-state index in [9.17, 15) is 0 Å². The van der Waals surface area contributed by atoms with E-state index in [1.54, 1.807) is 0 Å². The van der Waals surface area contributed by atoms with E-state index in [0.717, 1.165) is 5.57 Å². The Morgan fingerprint density at radius 1 is 1.62 bits per heavy atom. The Bertz CT molecular complexity index is 187. The molecule has 0 aromatic carbocycles. The molecule has 1 unspecified atom stereocenters. The van der Waals surface area contributed by atoms with Crippen molar-refractivity contribution >= 4 is 0 Å². The van der Waals surface area contributed by atoms with Crippen molar-refractivity contribution in [3.05, 3.63) is 12.2 Å². The highest BCUT2D eigenvalue weighted by atomic mass is 16.7. The maximum Gasteiger partial charge on any atom is 0.163 e. The normalized spacial score (nSPS) is 26.2. The topological polar surface area (TPSA) is 27.7 Å². The van der Waals surface area contributed by atoms with E-state index in [2.05, 4.69) is 6.58 Å². The van der Waals surface area contributed by atoms with E-state index in [1.165, 1.54) is 0 Å². The summed E-state index contributed by atoms with van der Waals surface area (Å²) >= 11 is 0. The molecule has 0 amide bonds. The van der Waals surface area contributed by atoms with Gasteiger partial charge in [-0.3, -0.25) is 0 Å². The summed E-state index contributed by atoms with van der Waals surface area (Å²) in [5.41, 5.74) is 1.03. The van der Waals surface area contributed by atoms with Gasteiger partial charge < -0.3 is 14.2 Å². The van der Waals surface area contributed by atoms with Gasteiger partial charge in [0.1, 0.15) is 6.10 Å². The predicted octanol–water partition coefficient (Wildman–Crippen LogP) is 1.73. The first kappa shape index (κ1) is 10.7. The molecule has 1 saturated heterocycles. The van der Waals surface area contributed by atoms with E-state index in [1.807, 2.05) is 20.8 Å². The number of ether oxygens (including phenoxy) is 3. The highest BCUT2D eigenvalue weighted by Crippen LogP contribution is 2.22. The lowest BCUT2D eigenvalue weighted by Crippen LogP contribution is -2.24. The van der Waals surface area contributed by atoms with Gasteiger partial charge in [-0.25, -0.2) is 0 Å². The summed E-state index contributed by atoms with van der Waals surface area (Å²) in [5, 5.41) is 0. The molecule has 1 rings (SSSR count). The van der Waals surface area contributed by atoms with Crippen LogP contribution in [0.3, 0.4) is 0 Å². The molecular formula is C10H18O3. The summed E-state index contributed by atoms with van der Waals surface area (Å²) in [5.74, 6) is -0.447. The largest absolute Gasteiger partial charge is 0.374 e. The van der Waals surface area contributed by atoms with Gasteiger partial charge >= 0.3 is 0 Å². The van der Waals surface area contributed by atoms with Crippen LogP contribution in [0.1, 0.15) is 20.8 Å². The Labute approximate surface area is 79.7 Å². The lowest BCUT2D eigenvalue weighted by Gasteiger charge is -2.16. The number of rotatable bonds is 4. The Kier molecular flexibility index (Phi) is 3.47. The second kappa shape index (κ2) is 4.22. The van der Waals surface area contributed by atoms with Crippen molar-refractivity contribution in [3.63, 3.8) is 0 Å². The van der Waals surface area contributed by atoms with E-state index in [0.29, 0.717) is 19.8 Å². The Morgan fingerprint density at radius 3 is 2.77 bits per heavy atom. The van der Waals surface area contributed by atoms with Crippen LogP contribution in [-0.2, 0) is 14.2 Å². The highest BCUT2D eigenvalue weighted by molar-refractivity contribution is 4.87. The van der Waals surface area contributed by atoms with Gasteiger partial charge in [0, 0.05) is 0 Å². The molecule has 1 atom stereocenters. The van der Waals surface area contributed by atoms with Gasteiger partial charge in [0.25, 0.3) is 0 Å². The zero-order valence-corrected chi connectivity index (χ0v) is 8.63. The van der Waals surface area contributed by atoms with Gasteiger partial charge in [0.05, 0.1) is 19.8 Å². The molecule has 0 bridgehead atoms. The molecule has 0 spiro atoms. The van der Waals surface area contributed by atoms with Crippen LogP contribution in [0.4, 0.5) is 0 Å². The van der Waals surface area contributed by atoms with E-state index >= 15 is 0 Å². The van der Waals surface area contributed by atoms with Crippen molar-refractivity contribution in [2.24, 2.45) is 0 Å². The maximum atomic E-state index is 5.55. The minimum atomic E-state index is -0.447. The van der Waals surface area contributed by atoms with Crippen LogP contribution >= 0.6 is 0 Å². The third-order valence-corrected chi connectivity index (χ3v) is 1.72. The highest BCUT2D eigenvalue weighted by Gasteiger charge is 2.32. The van der Waals surface area contributed by atoms with Gasteiger partial charge in [-0.2, -0.15) is 0 Å². The standard InChI is InChI=1S/C10H18O3/c1-8(2)5-11-6-9-7-12-10(3,4)13-9/h9H,1,5-7H2,2-4H3. The lowest BCUT2D eigenvalue weighted by molar-refractivity contribution is -0.144. The van der Waals surface area contributed by atoms with Gasteiger partial charge in [0.2, 0.25) is 0 Å². The summed E-state index contributed by atoms with van der Waals surface area (Å²) in [6.45, 7) is 11.3. The van der Waals surface area contributed by atoms with Crippen LogP contribution in [0.5, 0.6) is 0 Å². The van der Waals surface area contributed by atoms with Crippen molar-refractivity contribution < 1.29 is 14.2 Å². The molecule has 1 heterocycles. The van der Waals surface area contributed by atoms with Crippen LogP contribution in [0.15, 0.2) is 12.2 Å². The molecule has 0 N–H and O–H groups in total. The molecule has 0 aliphatic carbocycles. The first-order valence-electron chi connectivity index (χ1n) is 4.53. The summed E-state index contributed by atoms with van der Waals surface area (Å²) in [6.07, 6.45) is 0.0642. The molecule has 0 radical (unpaired) electrons. The molecule has 0 saturated carbocycles. The monoisotopic (exact) mass is 186 g/mol. The van der Waals surface area contributed by atoms with Crippen molar-refractivity contribution in [3.8, 4) is 0 Å². The summed E-state index contributed by atoms with van der Waals surface area (Å²) in [6, 6.07) is 0. The third kappa shape index (κ3) is 3.89. The van der Waals surface area contributed by atoms with E-state index < -0.39 is 5.79 Å². The molecule has 1 fully saturated rings. The molecule has 76 valence electrons. The minimum absolute atomic E-state index is 0.0642. The first-order chi connectivity index (χ1) is 5.99. The van der Waals surface area contributed by atoms with Gasteiger partial charge in [-0.15, -0.1) is 0 Å². The third-order valence-electron chi connectivity index (χ3n) is 1.72. The second-order valence-electron chi connectivity index (χ2n) is 3.92. The summed E-state index contributed by atoms with van der Waals surface area (Å²) in [4.78, 5) is 0. The zero-order chi connectivity index (χ0) is 9.90. The molecule has 13 heavy (non-hydrogen) atoms. The van der Waals surface area contributed by atoms with Crippen molar-refractivity contribution in [1.29, 1.82) is 0 Å². The lowest BCUT2D eigenvalue weighted by atomic mass is 10.4.